The van der Waals surface area contributed by atoms with E-state index in [1.165, 1.54) is 16.0 Å². The van der Waals surface area contributed by atoms with E-state index in [4.69, 9.17) is 0 Å². The summed E-state index contributed by atoms with van der Waals surface area (Å²) in [6.45, 7) is 1.62. The molecule has 22 heavy (non-hydrogen) atoms. The zero-order valence-electron chi connectivity index (χ0n) is 12.4. The van der Waals surface area contributed by atoms with Crippen molar-refractivity contribution in [3.63, 3.8) is 0 Å². The predicted molar refractivity (Wildman–Crippen MR) is 86.5 cm³/mol. The lowest BCUT2D eigenvalue weighted by Gasteiger charge is -2.33. The molecule has 3 heterocycles. The molecule has 1 aliphatic heterocycles. The Morgan fingerprint density at radius 3 is 2.82 bits per heavy atom. The molecule has 0 radical (unpaired) electrons. The van der Waals surface area contributed by atoms with Gasteiger partial charge in [-0.05, 0) is 24.3 Å². The maximum absolute atomic E-state index is 12.0. The summed E-state index contributed by atoms with van der Waals surface area (Å²) in [6.07, 6.45) is 3.45. The van der Waals surface area contributed by atoms with Crippen molar-refractivity contribution in [2.24, 2.45) is 7.05 Å². The number of amides is 1. The van der Waals surface area contributed by atoms with Gasteiger partial charge in [0.15, 0.2) is 0 Å². The molecule has 116 valence electrons. The number of carbonyl (C=O) groups is 1. The Balaban J connectivity index is 1.57. The van der Waals surface area contributed by atoms with Gasteiger partial charge in [-0.15, -0.1) is 0 Å². The standard InChI is InChI=1S/C15H18N4O2S/c1-18-14(20)8-13(9-16-18)19-5-2-12(3-6-19)17-15(21)11-4-7-22-10-11/h4,7-10,12H,2-3,5-6H2,1H3,(H,17,21). The van der Waals surface area contributed by atoms with E-state index in [0.29, 0.717) is 0 Å². The van der Waals surface area contributed by atoms with Crippen LogP contribution in [0, 0.1) is 0 Å². The van der Waals surface area contributed by atoms with Crippen molar-refractivity contribution in [3.8, 4) is 0 Å². The van der Waals surface area contributed by atoms with Gasteiger partial charge in [-0.3, -0.25) is 9.59 Å². The second kappa shape index (κ2) is 6.31. The van der Waals surface area contributed by atoms with E-state index in [1.54, 1.807) is 19.3 Å². The maximum atomic E-state index is 12.0. The van der Waals surface area contributed by atoms with Crippen molar-refractivity contribution in [3.05, 3.63) is 45.0 Å². The summed E-state index contributed by atoms with van der Waals surface area (Å²) in [5.74, 6) is -0.00468. The summed E-state index contributed by atoms with van der Waals surface area (Å²) in [7, 11) is 1.64. The lowest BCUT2D eigenvalue weighted by molar-refractivity contribution is 0.0931. The molecule has 1 N–H and O–H groups in total. The number of hydrogen-bond acceptors (Lipinski definition) is 5. The van der Waals surface area contributed by atoms with Crippen LogP contribution in [0.2, 0.25) is 0 Å². The van der Waals surface area contributed by atoms with Crippen LogP contribution in [0.25, 0.3) is 0 Å². The summed E-state index contributed by atoms with van der Waals surface area (Å²) in [5, 5.41) is 10.9. The Hall–Kier alpha value is -2.15. The molecule has 1 amide bonds. The summed E-state index contributed by atoms with van der Waals surface area (Å²) >= 11 is 1.52. The van der Waals surface area contributed by atoms with Crippen LogP contribution in [0.1, 0.15) is 23.2 Å². The van der Waals surface area contributed by atoms with Crippen molar-refractivity contribution < 1.29 is 4.79 Å². The monoisotopic (exact) mass is 318 g/mol. The minimum Gasteiger partial charge on any atom is -0.370 e. The molecule has 1 aliphatic rings. The molecule has 0 atom stereocenters. The molecule has 0 unspecified atom stereocenters. The zero-order chi connectivity index (χ0) is 15.5. The first-order chi connectivity index (χ1) is 10.6. The maximum Gasteiger partial charge on any atom is 0.268 e. The van der Waals surface area contributed by atoms with E-state index in [9.17, 15) is 9.59 Å². The van der Waals surface area contributed by atoms with Crippen molar-refractivity contribution in [1.82, 2.24) is 15.1 Å². The van der Waals surface area contributed by atoms with Gasteiger partial charge in [-0.2, -0.15) is 16.4 Å². The highest BCUT2D eigenvalue weighted by molar-refractivity contribution is 7.08. The average Bonchev–Trinajstić information content (AvgIpc) is 3.05. The van der Waals surface area contributed by atoms with Crippen LogP contribution >= 0.6 is 11.3 Å². The van der Waals surface area contributed by atoms with E-state index in [-0.39, 0.29) is 17.5 Å². The fraction of sp³-hybridized carbons (Fsp3) is 0.400. The van der Waals surface area contributed by atoms with Crippen LogP contribution in [0.3, 0.4) is 0 Å². The lowest BCUT2D eigenvalue weighted by Crippen LogP contribution is -2.45. The summed E-state index contributed by atoms with van der Waals surface area (Å²) < 4.78 is 1.32. The molecule has 3 rings (SSSR count). The number of carbonyl (C=O) groups excluding carboxylic acids is 1. The van der Waals surface area contributed by atoms with E-state index in [2.05, 4.69) is 15.3 Å². The van der Waals surface area contributed by atoms with Crippen LogP contribution in [0.5, 0.6) is 0 Å². The number of rotatable bonds is 3. The number of anilines is 1. The topological polar surface area (TPSA) is 67.2 Å². The average molecular weight is 318 g/mol. The second-order valence-corrected chi connectivity index (χ2v) is 6.20. The number of aryl methyl sites for hydroxylation is 1. The van der Waals surface area contributed by atoms with Gasteiger partial charge in [0.05, 0.1) is 11.9 Å². The Labute approximate surface area is 132 Å². The van der Waals surface area contributed by atoms with Crippen LogP contribution < -0.4 is 15.8 Å². The number of nitrogens with one attached hydrogen (secondary N) is 1. The molecular weight excluding hydrogens is 300 g/mol. The van der Waals surface area contributed by atoms with Gasteiger partial charge in [0, 0.05) is 43.2 Å². The van der Waals surface area contributed by atoms with Gasteiger partial charge < -0.3 is 10.2 Å². The summed E-state index contributed by atoms with van der Waals surface area (Å²) in [5.41, 5.74) is 1.47. The number of piperidine rings is 1. The lowest BCUT2D eigenvalue weighted by atomic mass is 10.0. The number of hydrogen-bond donors (Lipinski definition) is 1. The Morgan fingerprint density at radius 2 is 2.18 bits per heavy atom. The normalized spacial score (nSPS) is 15.8. The number of aromatic nitrogens is 2. The third-order valence-corrected chi connectivity index (χ3v) is 4.62. The molecule has 0 bridgehead atoms. The first-order valence-corrected chi connectivity index (χ1v) is 8.19. The van der Waals surface area contributed by atoms with Crippen LogP contribution in [0.15, 0.2) is 33.9 Å². The highest BCUT2D eigenvalue weighted by atomic mass is 32.1. The quantitative estimate of drug-likeness (QED) is 0.924. The third kappa shape index (κ3) is 3.19. The van der Waals surface area contributed by atoms with Gasteiger partial charge >= 0.3 is 0 Å². The molecule has 7 heteroatoms. The van der Waals surface area contributed by atoms with Gasteiger partial charge in [-0.1, -0.05) is 0 Å². The largest absolute Gasteiger partial charge is 0.370 e. The van der Waals surface area contributed by atoms with Gasteiger partial charge in [0.1, 0.15) is 0 Å². The fourth-order valence-electron chi connectivity index (χ4n) is 2.58. The van der Waals surface area contributed by atoms with E-state index >= 15 is 0 Å². The van der Waals surface area contributed by atoms with Crippen LogP contribution in [-0.2, 0) is 7.05 Å². The molecule has 0 aromatic carbocycles. The minimum absolute atomic E-state index is 0.00468. The molecule has 0 saturated carbocycles. The van der Waals surface area contributed by atoms with E-state index in [0.717, 1.165) is 37.2 Å². The molecule has 2 aromatic rings. The molecule has 1 saturated heterocycles. The van der Waals surface area contributed by atoms with Crippen molar-refractivity contribution in [2.45, 2.75) is 18.9 Å². The molecule has 6 nitrogen and oxygen atoms in total. The fourth-order valence-corrected chi connectivity index (χ4v) is 3.21. The number of thiophene rings is 1. The van der Waals surface area contributed by atoms with Crippen molar-refractivity contribution in [2.75, 3.05) is 18.0 Å². The highest BCUT2D eigenvalue weighted by Gasteiger charge is 2.22. The summed E-state index contributed by atoms with van der Waals surface area (Å²) in [4.78, 5) is 25.8. The van der Waals surface area contributed by atoms with Crippen LogP contribution in [-0.4, -0.2) is 34.8 Å². The predicted octanol–water partition coefficient (Wildman–Crippen LogP) is 1.24. The minimum atomic E-state index is -0.106. The second-order valence-electron chi connectivity index (χ2n) is 5.42. The first kappa shape index (κ1) is 14.8. The number of nitrogens with zero attached hydrogens (tertiary/aromatic N) is 3. The molecular formula is C15H18N4O2S. The third-order valence-electron chi connectivity index (χ3n) is 3.93. The molecule has 2 aromatic heterocycles. The first-order valence-electron chi connectivity index (χ1n) is 7.25. The zero-order valence-corrected chi connectivity index (χ0v) is 13.2. The Kier molecular flexibility index (Phi) is 4.24. The molecule has 0 spiro atoms. The van der Waals surface area contributed by atoms with Crippen molar-refractivity contribution in [1.29, 1.82) is 0 Å². The Morgan fingerprint density at radius 1 is 1.41 bits per heavy atom. The van der Waals surface area contributed by atoms with Gasteiger partial charge in [0.2, 0.25) is 0 Å². The molecule has 1 fully saturated rings. The SMILES string of the molecule is Cn1ncc(N2CCC(NC(=O)c3ccsc3)CC2)cc1=O. The smallest absolute Gasteiger partial charge is 0.268 e. The van der Waals surface area contributed by atoms with Gasteiger partial charge in [-0.25, -0.2) is 4.68 Å². The molecule has 0 aliphatic carbocycles. The van der Waals surface area contributed by atoms with Gasteiger partial charge in [0.25, 0.3) is 11.5 Å². The van der Waals surface area contributed by atoms with Crippen molar-refractivity contribution >= 4 is 22.9 Å². The van der Waals surface area contributed by atoms with E-state index in [1.807, 2.05) is 16.8 Å². The highest BCUT2D eigenvalue weighted by Crippen LogP contribution is 2.18. The van der Waals surface area contributed by atoms with Crippen LogP contribution in [0.4, 0.5) is 5.69 Å². The Bertz CT molecular complexity index is 703. The van der Waals surface area contributed by atoms with E-state index < -0.39 is 0 Å². The summed E-state index contributed by atoms with van der Waals surface area (Å²) in [6, 6.07) is 3.63.